The average Bonchev–Trinajstić information content (AvgIpc) is 2.48. The maximum atomic E-state index is 12.5. The van der Waals surface area contributed by atoms with E-state index < -0.39 is 11.7 Å². The molecule has 2 N–H and O–H groups in total. The van der Waals surface area contributed by atoms with E-state index in [9.17, 15) is 13.6 Å². The number of anilines is 2. The summed E-state index contributed by atoms with van der Waals surface area (Å²) in [6.07, 6.45) is 2.77. The third-order valence-electron chi connectivity index (χ3n) is 2.47. The number of benzene rings is 1. The molecule has 0 radical (unpaired) electrons. The number of thioether (sulfide) groups is 1. The van der Waals surface area contributed by atoms with Crippen LogP contribution < -0.4 is 10.6 Å². The standard InChI is InChI=1S/C13H12F2N4OS/c1-16-11-7-17-6-9(18-11)12(20)19-8-4-2-3-5-10(8)21-13(14)15/h2-7,13H,1H3,(H,16,18)(H,19,20). The minimum atomic E-state index is -2.56. The SMILES string of the molecule is CNc1cncc(C(=O)Nc2ccccc2SC(F)F)n1. The number of carbonyl (C=O) groups is 1. The van der Waals surface area contributed by atoms with Crippen molar-refractivity contribution in [1.29, 1.82) is 0 Å². The van der Waals surface area contributed by atoms with Gasteiger partial charge in [0, 0.05) is 11.9 Å². The highest BCUT2D eigenvalue weighted by Gasteiger charge is 2.14. The number of halogens is 2. The second kappa shape index (κ2) is 6.98. The summed E-state index contributed by atoms with van der Waals surface area (Å²) in [6, 6.07) is 6.35. The van der Waals surface area contributed by atoms with Crippen LogP contribution in [0.1, 0.15) is 10.5 Å². The molecule has 1 aromatic carbocycles. The molecule has 2 rings (SSSR count). The summed E-state index contributed by atoms with van der Waals surface area (Å²) in [4.78, 5) is 20.3. The molecule has 2 aromatic rings. The van der Waals surface area contributed by atoms with Gasteiger partial charge < -0.3 is 10.6 Å². The molecule has 8 heteroatoms. The number of nitrogens with zero attached hydrogens (tertiary/aromatic N) is 2. The lowest BCUT2D eigenvalue weighted by atomic mass is 10.3. The van der Waals surface area contributed by atoms with Crippen molar-refractivity contribution in [3.05, 3.63) is 42.4 Å². The van der Waals surface area contributed by atoms with Crippen molar-refractivity contribution in [2.45, 2.75) is 10.7 Å². The molecular formula is C13H12F2N4OS. The van der Waals surface area contributed by atoms with Gasteiger partial charge in [-0.1, -0.05) is 23.9 Å². The zero-order valence-electron chi connectivity index (χ0n) is 11.0. The topological polar surface area (TPSA) is 66.9 Å². The lowest BCUT2D eigenvalue weighted by molar-refractivity contribution is 0.102. The molecule has 0 saturated carbocycles. The monoisotopic (exact) mass is 310 g/mol. The van der Waals surface area contributed by atoms with Crippen LogP contribution in [0.25, 0.3) is 0 Å². The van der Waals surface area contributed by atoms with Crippen LogP contribution in [0.3, 0.4) is 0 Å². The maximum absolute atomic E-state index is 12.5. The Morgan fingerprint density at radius 3 is 2.76 bits per heavy atom. The van der Waals surface area contributed by atoms with Gasteiger partial charge in [0.05, 0.1) is 18.1 Å². The Morgan fingerprint density at radius 2 is 2.05 bits per heavy atom. The molecule has 0 aliphatic heterocycles. The molecule has 1 amide bonds. The van der Waals surface area contributed by atoms with Gasteiger partial charge in [0.1, 0.15) is 11.5 Å². The largest absolute Gasteiger partial charge is 0.372 e. The fourth-order valence-electron chi connectivity index (χ4n) is 1.55. The van der Waals surface area contributed by atoms with Crippen LogP contribution in [-0.4, -0.2) is 28.7 Å². The smallest absolute Gasteiger partial charge is 0.288 e. The first-order valence-electron chi connectivity index (χ1n) is 5.95. The van der Waals surface area contributed by atoms with Crippen molar-refractivity contribution < 1.29 is 13.6 Å². The Labute approximate surface area is 124 Å². The molecule has 0 fully saturated rings. The van der Waals surface area contributed by atoms with Crippen LogP contribution in [0, 0.1) is 0 Å². The van der Waals surface area contributed by atoms with E-state index in [1.807, 2.05) is 0 Å². The molecule has 1 aromatic heterocycles. The van der Waals surface area contributed by atoms with E-state index in [2.05, 4.69) is 20.6 Å². The molecule has 0 spiro atoms. The summed E-state index contributed by atoms with van der Waals surface area (Å²) >= 11 is 0.373. The number of aromatic nitrogens is 2. The van der Waals surface area contributed by atoms with E-state index in [1.165, 1.54) is 18.5 Å². The summed E-state index contributed by atoms with van der Waals surface area (Å²) in [5.74, 6) is -2.63. The summed E-state index contributed by atoms with van der Waals surface area (Å²) in [7, 11) is 1.65. The second-order valence-electron chi connectivity index (χ2n) is 3.87. The highest BCUT2D eigenvalue weighted by Crippen LogP contribution is 2.31. The first-order chi connectivity index (χ1) is 10.1. The normalized spacial score (nSPS) is 10.5. The predicted molar refractivity (Wildman–Crippen MR) is 77.8 cm³/mol. The Hall–Kier alpha value is -2.22. The maximum Gasteiger partial charge on any atom is 0.288 e. The van der Waals surface area contributed by atoms with Gasteiger partial charge >= 0.3 is 0 Å². The minimum absolute atomic E-state index is 0.0960. The second-order valence-corrected chi connectivity index (χ2v) is 4.90. The van der Waals surface area contributed by atoms with Crippen molar-refractivity contribution in [2.75, 3.05) is 17.7 Å². The van der Waals surface area contributed by atoms with Gasteiger partial charge in [0.25, 0.3) is 11.7 Å². The predicted octanol–water partition coefficient (Wildman–Crippen LogP) is 3.09. The molecule has 0 atom stereocenters. The zero-order valence-corrected chi connectivity index (χ0v) is 11.8. The fraction of sp³-hybridized carbons (Fsp3) is 0.154. The lowest BCUT2D eigenvalue weighted by Gasteiger charge is -2.10. The molecule has 21 heavy (non-hydrogen) atoms. The lowest BCUT2D eigenvalue weighted by Crippen LogP contribution is -2.15. The number of nitrogens with one attached hydrogen (secondary N) is 2. The molecular weight excluding hydrogens is 298 g/mol. The van der Waals surface area contributed by atoms with Gasteiger partial charge in [-0.05, 0) is 12.1 Å². The van der Waals surface area contributed by atoms with E-state index in [0.29, 0.717) is 28.2 Å². The van der Waals surface area contributed by atoms with Crippen molar-refractivity contribution >= 4 is 29.2 Å². The van der Waals surface area contributed by atoms with E-state index in [1.54, 1.807) is 25.2 Å². The highest BCUT2D eigenvalue weighted by atomic mass is 32.2. The van der Waals surface area contributed by atoms with Crippen molar-refractivity contribution in [3.8, 4) is 0 Å². The van der Waals surface area contributed by atoms with Gasteiger partial charge in [-0.25, -0.2) is 4.98 Å². The average molecular weight is 310 g/mol. The summed E-state index contributed by atoms with van der Waals surface area (Å²) in [5.41, 5.74) is 0.406. The molecule has 5 nitrogen and oxygen atoms in total. The minimum Gasteiger partial charge on any atom is -0.372 e. The fourth-order valence-corrected chi connectivity index (χ4v) is 2.15. The van der Waals surface area contributed by atoms with Gasteiger partial charge in [-0.3, -0.25) is 9.78 Å². The summed E-state index contributed by atoms with van der Waals surface area (Å²) in [6.45, 7) is 0. The van der Waals surface area contributed by atoms with Gasteiger partial charge in [-0.2, -0.15) is 8.78 Å². The Morgan fingerprint density at radius 1 is 1.29 bits per heavy atom. The van der Waals surface area contributed by atoms with Crippen LogP contribution in [0.4, 0.5) is 20.3 Å². The van der Waals surface area contributed by atoms with E-state index >= 15 is 0 Å². The van der Waals surface area contributed by atoms with Gasteiger partial charge in [-0.15, -0.1) is 0 Å². The van der Waals surface area contributed by atoms with Crippen LogP contribution in [-0.2, 0) is 0 Å². The summed E-state index contributed by atoms with van der Waals surface area (Å²) < 4.78 is 25.0. The first kappa shape index (κ1) is 15.2. The van der Waals surface area contributed by atoms with Crippen LogP contribution in [0.15, 0.2) is 41.6 Å². The zero-order chi connectivity index (χ0) is 15.2. The molecule has 110 valence electrons. The Kier molecular flexibility index (Phi) is 5.04. The molecule has 1 heterocycles. The van der Waals surface area contributed by atoms with E-state index in [-0.39, 0.29) is 5.69 Å². The molecule has 0 aliphatic carbocycles. The first-order valence-corrected chi connectivity index (χ1v) is 6.83. The molecule has 0 bridgehead atoms. The quantitative estimate of drug-likeness (QED) is 0.831. The van der Waals surface area contributed by atoms with Crippen LogP contribution in [0.2, 0.25) is 0 Å². The van der Waals surface area contributed by atoms with Crippen molar-refractivity contribution in [2.24, 2.45) is 0 Å². The number of hydrogen-bond acceptors (Lipinski definition) is 5. The van der Waals surface area contributed by atoms with E-state index in [0.717, 1.165) is 0 Å². The molecule has 0 saturated heterocycles. The number of amides is 1. The third kappa shape index (κ3) is 4.12. The Bertz CT molecular complexity index is 639. The molecule has 0 aliphatic rings. The number of alkyl halides is 2. The van der Waals surface area contributed by atoms with E-state index in [4.69, 9.17) is 0 Å². The summed E-state index contributed by atoms with van der Waals surface area (Å²) in [5, 5.41) is 5.33. The highest BCUT2D eigenvalue weighted by molar-refractivity contribution is 7.99. The van der Waals surface area contributed by atoms with Gasteiger partial charge in [0.2, 0.25) is 0 Å². The van der Waals surface area contributed by atoms with Crippen LogP contribution >= 0.6 is 11.8 Å². The third-order valence-corrected chi connectivity index (χ3v) is 3.26. The van der Waals surface area contributed by atoms with Crippen molar-refractivity contribution in [1.82, 2.24) is 9.97 Å². The van der Waals surface area contributed by atoms with Gasteiger partial charge in [0.15, 0.2) is 0 Å². The Balaban J connectivity index is 2.19. The number of para-hydroxylation sites is 1. The number of rotatable bonds is 5. The van der Waals surface area contributed by atoms with Crippen LogP contribution in [0.5, 0.6) is 0 Å². The number of hydrogen-bond donors (Lipinski definition) is 2. The molecule has 0 unspecified atom stereocenters. The van der Waals surface area contributed by atoms with Crippen molar-refractivity contribution in [3.63, 3.8) is 0 Å². The number of carbonyl (C=O) groups excluding carboxylic acids is 1.